The highest BCUT2D eigenvalue weighted by atomic mass is 16.5. The quantitative estimate of drug-likeness (QED) is 0.696. The van der Waals surface area contributed by atoms with Crippen molar-refractivity contribution in [2.75, 3.05) is 13.2 Å². The standard InChI is InChI=1S/C15H24O2/c1-3-13(2)12-17-11-5-4-6-14-7-9-15(16)10-8-14/h7-10,13,16H,3-6,11-12H2,1-2H3/t13-/m0/s1. The first-order valence-corrected chi connectivity index (χ1v) is 6.58. The van der Waals surface area contributed by atoms with Crippen molar-refractivity contribution < 1.29 is 9.84 Å². The number of phenols is 1. The monoisotopic (exact) mass is 236 g/mol. The van der Waals surface area contributed by atoms with Gasteiger partial charge in [0.25, 0.3) is 0 Å². The number of ether oxygens (including phenoxy) is 1. The molecule has 0 aliphatic heterocycles. The maximum atomic E-state index is 9.15. The average Bonchev–Trinajstić information content (AvgIpc) is 2.35. The Morgan fingerprint density at radius 2 is 1.88 bits per heavy atom. The second-order valence-electron chi connectivity index (χ2n) is 4.71. The topological polar surface area (TPSA) is 29.5 Å². The average molecular weight is 236 g/mol. The Labute approximate surface area is 105 Å². The fourth-order valence-electron chi connectivity index (χ4n) is 1.60. The predicted molar refractivity (Wildman–Crippen MR) is 71.3 cm³/mol. The van der Waals surface area contributed by atoms with Gasteiger partial charge in [-0.1, -0.05) is 32.4 Å². The third-order valence-electron chi connectivity index (χ3n) is 3.04. The first-order chi connectivity index (χ1) is 8.22. The van der Waals surface area contributed by atoms with E-state index in [-0.39, 0.29) is 0 Å². The third kappa shape index (κ3) is 6.32. The Morgan fingerprint density at radius 3 is 2.53 bits per heavy atom. The Morgan fingerprint density at radius 1 is 1.18 bits per heavy atom. The Balaban J connectivity index is 2.02. The van der Waals surface area contributed by atoms with Gasteiger partial charge in [-0.15, -0.1) is 0 Å². The molecule has 0 amide bonds. The lowest BCUT2D eigenvalue weighted by molar-refractivity contribution is 0.100. The van der Waals surface area contributed by atoms with Crippen LogP contribution < -0.4 is 0 Å². The summed E-state index contributed by atoms with van der Waals surface area (Å²) in [5, 5.41) is 9.15. The van der Waals surface area contributed by atoms with E-state index < -0.39 is 0 Å². The van der Waals surface area contributed by atoms with Crippen LogP contribution in [-0.4, -0.2) is 18.3 Å². The molecule has 1 aromatic rings. The molecule has 0 aliphatic rings. The summed E-state index contributed by atoms with van der Waals surface area (Å²) >= 11 is 0. The van der Waals surface area contributed by atoms with E-state index in [4.69, 9.17) is 9.84 Å². The van der Waals surface area contributed by atoms with Gasteiger partial charge in [0.2, 0.25) is 0 Å². The zero-order chi connectivity index (χ0) is 12.5. The van der Waals surface area contributed by atoms with Crippen molar-refractivity contribution >= 4 is 0 Å². The van der Waals surface area contributed by atoms with E-state index in [0.717, 1.165) is 32.5 Å². The molecule has 1 N–H and O–H groups in total. The molecule has 1 atom stereocenters. The molecule has 0 aliphatic carbocycles. The molecule has 0 aromatic heterocycles. The van der Waals surface area contributed by atoms with Crippen LogP contribution in [0.3, 0.4) is 0 Å². The molecule has 1 rings (SSSR count). The summed E-state index contributed by atoms with van der Waals surface area (Å²) in [6, 6.07) is 7.45. The molecule has 96 valence electrons. The van der Waals surface area contributed by atoms with Crippen LogP contribution in [0.1, 0.15) is 38.7 Å². The van der Waals surface area contributed by atoms with E-state index in [0.29, 0.717) is 11.7 Å². The lowest BCUT2D eigenvalue weighted by Crippen LogP contribution is -2.05. The molecule has 0 heterocycles. The van der Waals surface area contributed by atoms with Gasteiger partial charge in [-0.3, -0.25) is 0 Å². The van der Waals surface area contributed by atoms with E-state index in [1.807, 2.05) is 12.1 Å². The maximum absolute atomic E-state index is 9.15. The van der Waals surface area contributed by atoms with Crippen LogP contribution in [0, 0.1) is 5.92 Å². The lowest BCUT2D eigenvalue weighted by atomic mass is 10.1. The van der Waals surface area contributed by atoms with Crippen molar-refractivity contribution in [3.05, 3.63) is 29.8 Å². The molecule has 2 nitrogen and oxygen atoms in total. The molecule has 1 aromatic carbocycles. The van der Waals surface area contributed by atoms with Gasteiger partial charge in [-0.05, 0) is 42.9 Å². The second kappa shape index (κ2) is 8.13. The Hall–Kier alpha value is -1.02. The van der Waals surface area contributed by atoms with E-state index in [2.05, 4.69) is 13.8 Å². The van der Waals surface area contributed by atoms with E-state index in [1.54, 1.807) is 12.1 Å². The zero-order valence-electron chi connectivity index (χ0n) is 11.0. The van der Waals surface area contributed by atoms with Gasteiger partial charge in [0.15, 0.2) is 0 Å². The van der Waals surface area contributed by atoms with Crippen molar-refractivity contribution in [2.24, 2.45) is 5.92 Å². The molecule has 0 saturated carbocycles. The largest absolute Gasteiger partial charge is 0.508 e. The van der Waals surface area contributed by atoms with Crippen LogP contribution >= 0.6 is 0 Å². The molecule has 0 spiro atoms. The molecule has 2 heteroatoms. The van der Waals surface area contributed by atoms with Gasteiger partial charge in [0.05, 0.1) is 0 Å². The van der Waals surface area contributed by atoms with E-state index in [9.17, 15) is 0 Å². The highest BCUT2D eigenvalue weighted by Crippen LogP contribution is 2.12. The summed E-state index contributed by atoms with van der Waals surface area (Å²) < 4.78 is 5.60. The summed E-state index contributed by atoms with van der Waals surface area (Å²) in [5.74, 6) is 1.01. The van der Waals surface area contributed by atoms with Crippen molar-refractivity contribution in [2.45, 2.75) is 39.5 Å². The van der Waals surface area contributed by atoms with Crippen LogP contribution in [0.25, 0.3) is 0 Å². The number of phenolic OH excluding ortho intramolecular Hbond substituents is 1. The number of aromatic hydroxyl groups is 1. The minimum absolute atomic E-state index is 0.339. The van der Waals surface area contributed by atoms with Crippen LogP contribution in [0.2, 0.25) is 0 Å². The maximum Gasteiger partial charge on any atom is 0.115 e. The summed E-state index contributed by atoms with van der Waals surface area (Å²) in [4.78, 5) is 0. The summed E-state index contributed by atoms with van der Waals surface area (Å²) in [7, 11) is 0. The molecule has 0 bridgehead atoms. The van der Waals surface area contributed by atoms with Crippen LogP contribution in [0.4, 0.5) is 0 Å². The van der Waals surface area contributed by atoms with Gasteiger partial charge < -0.3 is 9.84 Å². The molecule has 0 radical (unpaired) electrons. The molecular weight excluding hydrogens is 212 g/mol. The van der Waals surface area contributed by atoms with E-state index in [1.165, 1.54) is 12.0 Å². The second-order valence-corrected chi connectivity index (χ2v) is 4.71. The van der Waals surface area contributed by atoms with Crippen molar-refractivity contribution in [1.29, 1.82) is 0 Å². The molecule has 17 heavy (non-hydrogen) atoms. The van der Waals surface area contributed by atoms with Crippen LogP contribution in [-0.2, 0) is 11.2 Å². The number of unbranched alkanes of at least 4 members (excludes halogenated alkanes) is 1. The van der Waals surface area contributed by atoms with Crippen molar-refractivity contribution in [1.82, 2.24) is 0 Å². The first-order valence-electron chi connectivity index (χ1n) is 6.58. The van der Waals surface area contributed by atoms with Gasteiger partial charge in [0.1, 0.15) is 5.75 Å². The summed E-state index contributed by atoms with van der Waals surface area (Å²) in [6.45, 7) is 6.16. The summed E-state index contributed by atoms with van der Waals surface area (Å²) in [5.41, 5.74) is 1.28. The molecule has 0 saturated heterocycles. The lowest BCUT2D eigenvalue weighted by Gasteiger charge is -2.09. The zero-order valence-corrected chi connectivity index (χ0v) is 11.0. The number of rotatable bonds is 8. The van der Waals surface area contributed by atoms with Gasteiger partial charge in [-0.2, -0.15) is 0 Å². The van der Waals surface area contributed by atoms with Gasteiger partial charge in [0, 0.05) is 13.2 Å². The highest BCUT2D eigenvalue weighted by molar-refractivity contribution is 5.25. The molecule has 0 fully saturated rings. The number of hydrogen-bond donors (Lipinski definition) is 1. The van der Waals surface area contributed by atoms with Gasteiger partial charge in [-0.25, -0.2) is 0 Å². The minimum Gasteiger partial charge on any atom is -0.508 e. The highest BCUT2D eigenvalue weighted by Gasteiger charge is 1.98. The van der Waals surface area contributed by atoms with Crippen LogP contribution in [0.15, 0.2) is 24.3 Å². The van der Waals surface area contributed by atoms with E-state index >= 15 is 0 Å². The third-order valence-corrected chi connectivity index (χ3v) is 3.04. The fourth-order valence-corrected chi connectivity index (χ4v) is 1.60. The predicted octanol–water partition coefficient (Wildman–Crippen LogP) is 3.78. The van der Waals surface area contributed by atoms with Crippen molar-refractivity contribution in [3.8, 4) is 5.75 Å². The van der Waals surface area contributed by atoms with Crippen molar-refractivity contribution in [3.63, 3.8) is 0 Å². The minimum atomic E-state index is 0.339. The number of hydrogen-bond acceptors (Lipinski definition) is 2. The number of benzene rings is 1. The normalized spacial score (nSPS) is 12.6. The SMILES string of the molecule is CC[C@H](C)COCCCCc1ccc(O)cc1. The Bertz CT molecular complexity index is 292. The fraction of sp³-hybridized carbons (Fsp3) is 0.600. The molecule has 0 unspecified atom stereocenters. The summed E-state index contributed by atoms with van der Waals surface area (Å²) in [6.07, 6.45) is 4.50. The smallest absolute Gasteiger partial charge is 0.115 e. The first kappa shape index (κ1) is 14.0. The Kier molecular flexibility index (Phi) is 6.71. The van der Waals surface area contributed by atoms with Crippen LogP contribution in [0.5, 0.6) is 5.75 Å². The number of aryl methyl sites for hydroxylation is 1. The van der Waals surface area contributed by atoms with Gasteiger partial charge >= 0.3 is 0 Å². The molecular formula is C15H24O2.